The van der Waals surface area contributed by atoms with Crippen LogP contribution in [0, 0.1) is 17.1 Å². The van der Waals surface area contributed by atoms with Crippen molar-refractivity contribution in [3.63, 3.8) is 0 Å². The maximum Gasteiger partial charge on any atom is 0.416 e. The Kier molecular flexibility index (Phi) is 7.92. The second kappa shape index (κ2) is 11.6. The standard InChI is InChI=1S/C30H26F4N4O3/c31-25-15-21(20-8-9-20)10-11-26(25)38(29(40)37-14-4-7-22(37)16-35)27(23-17-36-13-12-24(23)30(32,33)34)28(39)41-18-19-5-2-1-3-6-19/h1-3,5-6,10-13,15,17,20,22,27H,4,7-9,14,18H2/t22-,27?/m1/s1. The fourth-order valence-electron chi connectivity index (χ4n) is 5.07. The first-order valence-corrected chi connectivity index (χ1v) is 13.2. The van der Waals surface area contributed by atoms with Crippen LogP contribution in [0.3, 0.4) is 0 Å². The van der Waals surface area contributed by atoms with E-state index in [4.69, 9.17) is 4.74 Å². The van der Waals surface area contributed by atoms with Crippen LogP contribution in [0.2, 0.25) is 0 Å². The van der Waals surface area contributed by atoms with Crippen molar-refractivity contribution in [2.75, 3.05) is 11.4 Å². The van der Waals surface area contributed by atoms with Crippen molar-refractivity contribution in [3.05, 3.63) is 95.1 Å². The van der Waals surface area contributed by atoms with Crippen LogP contribution in [0.25, 0.3) is 0 Å². The van der Waals surface area contributed by atoms with Gasteiger partial charge in [0.25, 0.3) is 0 Å². The molecule has 3 aromatic rings. The van der Waals surface area contributed by atoms with Crippen molar-refractivity contribution in [3.8, 4) is 6.07 Å². The highest BCUT2D eigenvalue weighted by atomic mass is 19.4. The predicted octanol–water partition coefficient (Wildman–Crippen LogP) is 6.52. The lowest BCUT2D eigenvalue weighted by Gasteiger charge is -2.35. The Hall–Kier alpha value is -4.46. The van der Waals surface area contributed by atoms with Crippen molar-refractivity contribution < 1.29 is 31.9 Å². The number of ether oxygens (including phenoxy) is 1. The predicted molar refractivity (Wildman–Crippen MR) is 140 cm³/mol. The fraction of sp³-hybridized carbons (Fsp3) is 0.333. The molecule has 2 atom stereocenters. The number of nitrogens with zero attached hydrogens (tertiary/aromatic N) is 4. The first kappa shape index (κ1) is 28.1. The molecule has 7 nitrogen and oxygen atoms in total. The summed E-state index contributed by atoms with van der Waals surface area (Å²) >= 11 is 0. The lowest BCUT2D eigenvalue weighted by Crippen LogP contribution is -2.49. The average Bonchev–Trinajstić information content (AvgIpc) is 3.71. The first-order chi connectivity index (χ1) is 19.7. The third-order valence-corrected chi connectivity index (χ3v) is 7.29. The second-order valence-corrected chi connectivity index (χ2v) is 10.1. The molecule has 2 aromatic carbocycles. The molecule has 0 N–H and O–H groups in total. The van der Waals surface area contributed by atoms with Crippen molar-refractivity contribution in [1.29, 1.82) is 5.26 Å². The van der Waals surface area contributed by atoms with Crippen molar-refractivity contribution in [2.24, 2.45) is 0 Å². The summed E-state index contributed by atoms with van der Waals surface area (Å²) < 4.78 is 63.9. The monoisotopic (exact) mass is 566 g/mol. The number of esters is 1. The van der Waals surface area contributed by atoms with Crippen molar-refractivity contribution in [2.45, 2.75) is 56.5 Å². The van der Waals surface area contributed by atoms with Gasteiger partial charge in [-0.1, -0.05) is 36.4 Å². The number of alkyl halides is 3. The van der Waals surface area contributed by atoms with Gasteiger partial charge < -0.3 is 9.64 Å². The van der Waals surface area contributed by atoms with Crippen LogP contribution in [0.4, 0.5) is 28.0 Å². The van der Waals surface area contributed by atoms with E-state index in [0.717, 1.165) is 30.1 Å². The Bertz CT molecular complexity index is 1470. The molecule has 1 saturated carbocycles. The van der Waals surface area contributed by atoms with Gasteiger partial charge in [0, 0.05) is 24.5 Å². The number of hydrogen-bond acceptors (Lipinski definition) is 5. The molecule has 0 radical (unpaired) electrons. The summed E-state index contributed by atoms with van der Waals surface area (Å²) in [5.74, 6) is -1.93. The van der Waals surface area contributed by atoms with Crippen LogP contribution in [-0.4, -0.2) is 34.5 Å². The molecule has 1 saturated heterocycles. The fourth-order valence-corrected chi connectivity index (χ4v) is 5.07. The molecule has 2 aliphatic rings. The molecule has 1 aliphatic heterocycles. The van der Waals surface area contributed by atoms with E-state index in [1.165, 1.54) is 12.1 Å². The van der Waals surface area contributed by atoms with Crippen molar-refractivity contribution >= 4 is 17.7 Å². The van der Waals surface area contributed by atoms with Gasteiger partial charge in [-0.3, -0.25) is 9.88 Å². The number of urea groups is 1. The summed E-state index contributed by atoms with van der Waals surface area (Å²) in [5.41, 5.74) is -1.05. The molecule has 5 rings (SSSR count). The third-order valence-electron chi connectivity index (χ3n) is 7.29. The quantitative estimate of drug-likeness (QED) is 0.240. The zero-order chi connectivity index (χ0) is 29.1. The Morgan fingerprint density at radius 2 is 1.88 bits per heavy atom. The largest absolute Gasteiger partial charge is 0.459 e. The number of carbonyl (C=O) groups is 2. The maximum absolute atomic E-state index is 15.8. The lowest BCUT2D eigenvalue weighted by molar-refractivity contribution is -0.147. The molecule has 2 amide bonds. The number of hydrogen-bond donors (Lipinski definition) is 0. The van der Waals surface area contributed by atoms with Crippen LogP contribution in [0.1, 0.15) is 59.9 Å². The minimum absolute atomic E-state index is 0.111. The van der Waals surface area contributed by atoms with Gasteiger partial charge in [-0.05, 0) is 60.9 Å². The smallest absolute Gasteiger partial charge is 0.416 e. The van der Waals surface area contributed by atoms with Gasteiger partial charge in [0.15, 0.2) is 6.04 Å². The van der Waals surface area contributed by atoms with E-state index < -0.39 is 52.9 Å². The molecular weight excluding hydrogens is 540 g/mol. The van der Waals surface area contributed by atoms with E-state index in [-0.39, 0.29) is 19.1 Å². The molecule has 1 unspecified atom stereocenters. The molecule has 11 heteroatoms. The van der Waals surface area contributed by atoms with E-state index >= 15 is 4.39 Å². The molecular formula is C30H26F4N4O3. The normalized spacial score (nSPS) is 17.5. The molecule has 2 heterocycles. The molecule has 1 aromatic heterocycles. The van der Waals surface area contributed by atoms with E-state index in [0.29, 0.717) is 34.9 Å². The minimum atomic E-state index is -4.93. The molecule has 41 heavy (non-hydrogen) atoms. The summed E-state index contributed by atoms with van der Waals surface area (Å²) in [7, 11) is 0. The Morgan fingerprint density at radius 3 is 2.54 bits per heavy atom. The number of likely N-dealkylation sites (tertiary alicyclic amines) is 1. The van der Waals surface area contributed by atoms with E-state index in [1.807, 2.05) is 6.07 Å². The zero-order valence-corrected chi connectivity index (χ0v) is 21.9. The highest BCUT2D eigenvalue weighted by molar-refractivity contribution is 5.99. The Balaban J connectivity index is 1.65. The summed E-state index contributed by atoms with van der Waals surface area (Å²) in [5, 5.41) is 9.64. The highest BCUT2D eigenvalue weighted by Gasteiger charge is 2.45. The number of rotatable bonds is 7. The van der Waals surface area contributed by atoms with E-state index in [2.05, 4.69) is 4.98 Å². The summed E-state index contributed by atoms with van der Waals surface area (Å²) in [6, 6.07) is 11.4. The molecule has 212 valence electrons. The van der Waals surface area contributed by atoms with E-state index in [1.54, 1.807) is 36.4 Å². The van der Waals surface area contributed by atoms with Gasteiger partial charge in [-0.2, -0.15) is 18.4 Å². The number of carbonyl (C=O) groups excluding carboxylic acids is 2. The second-order valence-electron chi connectivity index (χ2n) is 10.1. The summed E-state index contributed by atoms with van der Waals surface area (Å²) in [6.45, 7) is -0.187. The molecule has 2 fully saturated rings. The average molecular weight is 567 g/mol. The SMILES string of the molecule is N#C[C@H]1CCCN1C(=O)N(c1ccc(C2CC2)cc1F)C(C(=O)OCc1ccccc1)c1cnccc1C(F)(F)F. The number of benzene rings is 2. The number of anilines is 1. The Labute approximate surface area is 234 Å². The topological polar surface area (TPSA) is 86.5 Å². The van der Waals surface area contributed by atoms with Crippen LogP contribution in [0.15, 0.2) is 67.0 Å². The summed E-state index contributed by atoms with van der Waals surface area (Å²) in [6.07, 6.45) is -0.631. The number of halogens is 4. The number of pyridine rings is 1. The van der Waals surface area contributed by atoms with Crippen LogP contribution in [-0.2, 0) is 22.3 Å². The first-order valence-electron chi connectivity index (χ1n) is 13.2. The van der Waals surface area contributed by atoms with Gasteiger partial charge in [0.05, 0.1) is 17.3 Å². The zero-order valence-electron chi connectivity index (χ0n) is 21.9. The van der Waals surface area contributed by atoms with Gasteiger partial charge in [0.2, 0.25) is 0 Å². The minimum Gasteiger partial charge on any atom is -0.459 e. The van der Waals surface area contributed by atoms with Crippen LogP contribution in [0.5, 0.6) is 0 Å². The van der Waals surface area contributed by atoms with Gasteiger partial charge in [0.1, 0.15) is 18.5 Å². The van der Waals surface area contributed by atoms with Crippen LogP contribution < -0.4 is 4.90 Å². The van der Waals surface area contributed by atoms with E-state index in [9.17, 15) is 28.0 Å². The third kappa shape index (κ3) is 6.01. The van der Waals surface area contributed by atoms with Crippen molar-refractivity contribution in [1.82, 2.24) is 9.88 Å². The number of amides is 2. The lowest BCUT2D eigenvalue weighted by atomic mass is 9.99. The van der Waals surface area contributed by atoms with Gasteiger partial charge in [-0.15, -0.1) is 0 Å². The molecule has 0 spiro atoms. The summed E-state index contributed by atoms with van der Waals surface area (Å²) in [4.78, 5) is 33.5. The van der Waals surface area contributed by atoms with Crippen LogP contribution >= 0.6 is 0 Å². The number of aromatic nitrogens is 1. The van der Waals surface area contributed by atoms with Gasteiger partial charge in [-0.25, -0.2) is 14.0 Å². The van der Waals surface area contributed by atoms with Gasteiger partial charge >= 0.3 is 18.2 Å². The molecule has 1 aliphatic carbocycles. The Morgan fingerprint density at radius 1 is 1.12 bits per heavy atom. The number of nitriles is 1. The highest BCUT2D eigenvalue weighted by Crippen LogP contribution is 2.43. The molecule has 0 bridgehead atoms. The maximum atomic E-state index is 15.8.